The summed E-state index contributed by atoms with van der Waals surface area (Å²) in [7, 11) is 3.44. The van der Waals surface area contributed by atoms with Gasteiger partial charge in [0, 0.05) is 49.0 Å². The van der Waals surface area contributed by atoms with E-state index in [-0.39, 0.29) is 0 Å². The molecule has 0 aliphatic heterocycles. The summed E-state index contributed by atoms with van der Waals surface area (Å²) in [6.07, 6.45) is 9.06. The molecule has 0 spiro atoms. The van der Waals surface area contributed by atoms with Gasteiger partial charge in [-0.1, -0.05) is 43.7 Å². The lowest BCUT2D eigenvalue weighted by molar-refractivity contribution is 0.172. The topological polar surface area (TPSA) is 68.5 Å². The summed E-state index contributed by atoms with van der Waals surface area (Å²) in [5.41, 5.74) is 5.61. The van der Waals surface area contributed by atoms with Crippen molar-refractivity contribution in [3.05, 3.63) is 89.4 Å². The smallest absolute Gasteiger partial charge is 0.130 e. The van der Waals surface area contributed by atoms with Crippen molar-refractivity contribution < 1.29 is 14.6 Å². The monoisotopic (exact) mass is 487 g/mol. The fourth-order valence-corrected chi connectivity index (χ4v) is 4.82. The van der Waals surface area contributed by atoms with Gasteiger partial charge in [0.1, 0.15) is 11.5 Å². The molecule has 1 atom stereocenters. The highest BCUT2D eigenvalue weighted by atomic mass is 16.5. The molecule has 0 saturated carbocycles. The van der Waals surface area contributed by atoms with E-state index in [0.717, 1.165) is 58.4 Å². The molecule has 2 N–H and O–H groups in total. The van der Waals surface area contributed by atoms with Gasteiger partial charge in [0.25, 0.3) is 0 Å². The van der Waals surface area contributed by atoms with E-state index in [1.807, 2.05) is 24.4 Å². The van der Waals surface area contributed by atoms with Crippen LogP contribution in [0.3, 0.4) is 0 Å². The van der Waals surface area contributed by atoms with Crippen LogP contribution < -0.4 is 14.8 Å². The second-order valence-electron chi connectivity index (χ2n) is 9.19. The van der Waals surface area contributed by atoms with Crippen LogP contribution in [0.1, 0.15) is 42.0 Å². The molecule has 4 aromatic rings. The summed E-state index contributed by atoms with van der Waals surface area (Å²) >= 11 is 0. The Morgan fingerprint density at radius 2 is 1.89 bits per heavy atom. The summed E-state index contributed by atoms with van der Waals surface area (Å²) in [5, 5.41) is 15.3. The molecule has 0 bridgehead atoms. The van der Waals surface area contributed by atoms with Crippen molar-refractivity contribution in [2.75, 3.05) is 20.8 Å². The molecule has 0 fully saturated rings. The zero-order valence-electron chi connectivity index (χ0n) is 21.5. The first-order chi connectivity index (χ1) is 17.6. The number of pyridine rings is 1. The summed E-state index contributed by atoms with van der Waals surface area (Å²) in [6, 6.07) is 16.5. The Kier molecular flexibility index (Phi) is 8.98. The number of nitrogens with one attached hydrogen (secondary N) is 1. The summed E-state index contributed by atoms with van der Waals surface area (Å²) in [6.45, 7) is 4.02. The van der Waals surface area contributed by atoms with E-state index in [0.29, 0.717) is 26.1 Å². The minimum absolute atomic E-state index is 0.498. The van der Waals surface area contributed by atoms with Gasteiger partial charge in [-0.05, 0) is 47.7 Å². The fraction of sp³-hybridized carbons (Fsp3) is 0.367. The van der Waals surface area contributed by atoms with Crippen molar-refractivity contribution in [3.63, 3.8) is 0 Å². The van der Waals surface area contributed by atoms with Gasteiger partial charge < -0.3 is 24.5 Å². The van der Waals surface area contributed by atoms with Crippen LogP contribution in [0.4, 0.5) is 0 Å². The summed E-state index contributed by atoms with van der Waals surface area (Å²) in [4.78, 5) is 4.14. The second-order valence-corrected chi connectivity index (χ2v) is 9.19. The predicted molar refractivity (Wildman–Crippen MR) is 145 cm³/mol. The maximum Gasteiger partial charge on any atom is 0.130 e. The molecule has 0 aliphatic rings. The van der Waals surface area contributed by atoms with E-state index in [4.69, 9.17) is 9.47 Å². The van der Waals surface area contributed by atoms with Gasteiger partial charge in [-0.25, -0.2) is 0 Å². The number of hydrogen-bond donors (Lipinski definition) is 2. The van der Waals surface area contributed by atoms with E-state index in [9.17, 15) is 5.11 Å². The van der Waals surface area contributed by atoms with Gasteiger partial charge >= 0.3 is 0 Å². The zero-order chi connectivity index (χ0) is 25.3. The summed E-state index contributed by atoms with van der Waals surface area (Å²) < 4.78 is 13.9. The van der Waals surface area contributed by atoms with Crippen LogP contribution in [0.2, 0.25) is 0 Å². The molecule has 4 rings (SSSR count). The maximum absolute atomic E-state index is 10.8. The maximum atomic E-state index is 10.8. The lowest BCUT2D eigenvalue weighted by Crippen LogP contribution is -2.28. The Hall–Kier alpha value is -3.35. The van der Waals surface area contributed by atoms with Crippen LogP contribution in [0.5, 0.6) is 11.5 Å². The number of rotatable bonds is 13. The van der Waals surface area contributed by atoms with Gasteiger partial charge in [-0.15, -0.1) is 0 Å². The molecule has 0 unspecified atom stereocenters. The number of aliphatic hydroxyl groups excluding tert-OH is 1. The first-order valence-corrected chi connectivity index (χ1v) is 12.7. The molecular formula is C30H37N3O3. The van der Waals surface area contributed by atoms with Gasteiger partial charge in [-0.2, -0.15) is 0 Å². The Bertz CT molecular complexity index is 1250. The third-order valence-corrected chi connectivity index (χ3v) is 6.61. The van der Waals surface area contributed by atoms with E-state index < -0.39 is 6.10 Å². The minimum atomic E-state index is -0.498. The van der Waals surface area contributed by atoms with Crippen molar-refractivity contribution in [3.8, 4) is 11.5 Å². The largest absolute Gasteiger partial charge is 0.496 e. The third-order valence-electron chi connectivity index (χ3n) is 6.61. The number of aryl methyl sites for hydroxylation is 1. The number of para-hydroxylation sites is 1. The van der Waals surface area contributed by atoms with E-state index in [1.54, 1.807) is 20.4 Å². The average molecular weight is 488 g/mol. The molecule has 0 aliphatic carbocycles. The highest BCUT2D eigenvalue weighted by molar-refractivity contribution is 5.84. The summed E-state index contributed by atoms with van der Waals surface area (Å²) in [5.74, 6) is 1.73. The number of ether oxygens (including phenoxy) is 2. The first-order valence-electron chi connectivity index (χ1n) is 12.7. The molecule has 0 amide bonds. The van der Waals surface area contributed by atoms with E-state index >= 15 is 0 Å². The molecular weight excluding hydrogens is 450 g/mol. The molecule has 6 nitrogen and oxygen atoms in total. The van der Waals surface area contributed by atoms with E-state index in [1.165, 1.54) is 5.56 Å². The number of unbranched alkanes of at least 4 members (excludes halogenated alkanes) is 1. The normalized spacial score (nSPS) is 12.1. The van der Waals surface area contributed by atoms with Gasteiger partial charge in [0.05, 0.1) is 32.4 Å². The Labute approximate surface area is 213 Å². The predicted octanol–water partition coefficient (Wildman–Crippen LogP) is 5.14. The molecule has 2 heterocycles. The van der Waals surface area contributed by atoms with Crippen LogP contribution in [0, 0.1) is 0 Å². The number of aromatic nitrogens is 2. The zero-order valence-corrected chi connectivity index (χ0v) is 21.5. The Morgan fingerprint density at radius 1 is 1.03 bits per heavy atom. The number of fused-ring (bicyclic) bond motifs is 1. The molecule has 2 aromatic heterocycles. The average Bonchev–Trinajstić information content (AvgIpc) is 3.25. The number of methoxy groups -OCH3 is 2. The van der Waals surface area contributed by atoms with Crippen LogP contribution in [0.25, 0.3) is 10.9 Å². The molecule has 0 saturated heterocycles. The van der Waals surface area contributed by atoms with Crippen LogP contribution in [-0.4, -0.2) is 41.5 Å². The molecule has 36 heavy (non-hydrogen) atoms. The van der Waals surface area contributed by atoms with Crippen LogP contribution >= 0.6 is 0 Å². The van der Waals surface area contributed by atoms with Crippen LogP contribution in [-0.2, 0) is 25.9 Å². The van der Waals surface area contributed by atoms with Gasteiger partial charge in [0.15, 0.2) is 0 Å². The van der Waals surface area contributed by atoms with Crippen molar-refractivity contribution in [2.24, 2.45) is 0 Å². The van der Waals surface area contributed by atoms with E-state index in [2.05, 4.69) is 58.3 Å². The number of hydrogen-bond acceptors (Lipinski definition) is 5. The third kappa shape index (κ3) is 6.07. The van der Waals surface area contributed by atoms with Crippen LogP contribution in [0.15, 0.2) is 67.1 Å². The highest BCUT2D eigenvalue weighted by Gasteiger charge is 2.18. The molecule has 6 heteroatoms. The van der Waals surface area contributed by atoms with Gasteiger partial charge in [0.2, 0.25) is 0 Å². The second kappa shape index (κ2) is 12.6. The van der Waals surface area contributed by atoms with Crippen molar-refractivity contribution in [1.82, 2.24) is 14.9 Å². The lowest BCUT2D eigenvalue weighted by Gasteiger charge is -2.18. The molecule has 2 aromatic carbocycles. The molecule has 190 valence electrons. The molecule has 0 radical (unpaired) electrons. The number of nitrogens with zero attached hydrogens (tertiary/aromatic N) is 2. The quantitative estimate of drug-likeness (QED) is 0.273. The Balaban J connectivity index is 1.56. The lowest BCUT2D eigenvalue weighted by atomic mass is 10.0. The fourth-order valence-electron chi connectivity index (χ4n) is 4.82. The number of aliphatic hydroxyl groups is 1. The number of benzene rings is 2. The minimum Gasteiger partial charge on any atom is -0.496 e. The van der Waals surface area contributed by atoms with Crippen molar-refractivity contribution in [1.29, 1.82) is 0 Å². The van der Waals surface area contributed by atoms with Crippen molar-refractivity contribution >= 4 is 10.9 Å². The SMILES string of the molecule is CCCCc1ccc(OC)c(Cn2cc(C[C@H](O)CNCc3cccnc3)c3ccccc32)c1OC. The van der Waals surface area contributed by atoms with Crippen molar-refractivity contribution in [2.45, 2.75) is 51.8 Å². The first kappa shape index (κ1) is 25.7. The van der Waals surface area contributed by atoms with Gasteiger partial charge in [-0.3, -0.25) is 4.98 Å². The standard InChI is InChI=1S/C30H37N3O3/c1-4-5-10-23-13-14-29(35-2)27(30(23)36-3)21-33-20-24(26-11-6-7-12-28(26)33)16-25(34)19-32-18-22-9-8-15-31-17-22/h6-9,11-15,17,20,25,32,34H,4-5,10,16,18-19,21H2,1-3H3/t25-/m0/s1. The Morgan fingerprint density at radius 3 is 2.64 bits per heavy atom. The highest BCUT2D eigenvalue weighted by Crippen LogP contribution is 2.35.